The second-order valence-corrected chi connectivity index (χ2v) is 3.79. The molecule has 0 atom stereocenters. The molecule has 0 bridgehead atoms. The number of nitrogens with one attached hydrogen (secondary N) is 1. The number of aliphatic hydroxyl groups excluding tert-OH is 2. The summed E-state index contributed by atoms with van der Waals surface area (Å²) in [5.41, 5.74) is -0.988. The van der Waals surface area contributed by atoms with E-state index in [0.717, 1.165) is 0 Å². The van der Waals surface area contributed by atoms with E-state index in [1.165, 1.54) is 6.92 Å². The van der Waals surface area contributed by atoms with E-state index in [1.54, 1.807) is 0 Å². The molecular weight excluding hydrogens is 218 g/mol. The van der Waals surface area contributed by atoms with E-state index in [9.17, 15) is 17.6 Å². The average molecular weight is 233 g/mol. The molecule has 0 aliphatic rings. The van der Waals surface area contributed by atoms with Gasteiger partial charge in [-0.2, -0.15) is 8.78 Å². The highest BCUT2D eigenvalue weighted by Crippen LogP contribution is 2.22. The molecule has 0 aliphatic carbocycles. The van der Waals surface area contributed by atoms with Crippen LogP contribution in [0.1, 0.15) is 6.92 Å². The van der Waals surface area contributed by atoms with Gasteiger partial charge in [-0.1, -0.05) is 6.92 Å². The van der Waals surface area contributed by atoms with E-state index < -0.39 is 37.5 Å². The first-order valence-electron chi connectivity index (χ1n) is 4.36. The predicted molar refractivity (Wildman–Crippen MR) is 46.1 cm³/mol. The molecule has 0 amide bonds. The molecule has 0 aromatic rings. The highest BCUT2D eigenvalue weighted by molar-refractivity contribution is 4.78. The number of halogens is 4. The van der Waals surface area contributed by atoms with E-state index in [-0.39, 0.29) is 6.54 Å². The number of rotatable bonds is 7. The number of hydrogen-bond acceptors (Lipinski definition) is 3. The van der Waals surface area contributed by atoms with Crippen molar-refractivity contribution in [2.45, 2.75) is 19.3 Å². The van der Waals surface area contributed by atoms with E-state index >= 15 is 0 Å². The summed E-state index contributed by atoms with van der Waals surface area (Å²) in [6.07, 6.45) is -3.72. The zero-order valence-electron chi connectivity index (χ0n) is 8.31. The minimum Gasteiger partial charge on any atom is -0.396 e. The van der Waals surface area contributed by atoms with E-state index in [1.807, 2.05) is 0 Å². The third kappa shape index (κ3) is 4.76. The zero-order valence-corrected chi connectivity index (χ0v) is 8.31. The van der Waals surface area contributed by atoms with Crippen LogP contribution in [0, 0.1) is 5.41 Å². The summed E-state index contributed by atoms with van der Waals surface area (Å²) in [4.78, 5) is 0. The van der Waals surface area contributed by atoms with Gasteiger partial charge >= 0.3 is 12.3 Å². The van der Waals surface area contributed by atoms with Gasteiger partial charge in [0.05, 0.1) is 19.8 Å². The summed E-state index contributed by atoms with van der Waals surface area (Å²) in [6.45, 7) is -0.740. The van der Waals surface area contributed by atoms with Crippen molar-refractivity contribution < 1.29 is 27.8 Å². The highest BCUT2D eigenvalue weighted by atomic mass is 19.3. The Bertz CT molecular complexity index is 181. The molecule has 15 heavy (non-hydrogen) atoms. The van der Waals surface area contributed by atoms with Crippen LogP contribution in [0.25, 0.3) is 0 Å². The van der Waals surface area contributed by atoms with Gasteiger partial charge in [-0.3, -0.25) is 0 Å². The first-order chi connectivity index (χ1) is 6.77. The minimum atomic E-state index is -4.09. The molecule has 0 aliphatic heterocycles. The van der Waals surface area contributed by atoms with Gasteiger partial charge in [-0.15, -0.1) is 0 Å². The van der Waals surface area contributed by atoms with Crippen molar-refractivity contribution in [3.05, 3.63) is 0 Å². The Hall–Kier alpha value is -0.400. The van der Waals surface area contributed by atoms with Gasteiger partial charge in [0.1, 0.15) is 0 Å². The van der Waals surface area contributed by atoms with Crippen molar-refractivity contribution in [1.82, 2.24) is 5.32 Å². The molecule has 0 saturated carbocycles. The molecule has 0 saturated heterocycles. The summed E-state index contributed by atoms with van der Waals surface area (Å²) in [5, 5.41) is 19.7. The first kappa shape index (κ1) is 14.6. The van der Waals surface area contributed by atoms with Crippen LogP contribution in [0.15, 0.2) is 0 Å². The molecule has 92 valence electrons. The van der Waals surface area contributed by atoms with Crippen LogP contribution in [0.3, 0.4) is 0 Å². The smallest absolute Gasteiger partial charge is 0.319 e. The lowest BCUT2D eigenvalue weighted by Crippen LogP contribution is -2.45. The van der Waals surface area contributed by atoms with Crippen LogP contribution in [-0.2, 0) is 0 Å². The van der Waals surface area contributed by atoms with Crippen LogP contribution in [0.4, 0.5) is 17.6 Å². The predicted octanol–water partition coefficient (Wildman–Crippen LogP) is 0.467. The third-order valence-corrected chi connectivity index (χ3v) is 2.00. The Morgan fingerprint density at radius 3 is 1.93 bits per heavy atom. The number of alkyl halides is 4. The van der Waals surface area contributed by atoms with Crippen molar-refractivity contribution in [1.29, 1.82) is 0 Å². The maximum atomic E-state index is 12.4. The lowest BCUT2D eigenvalue weighted by Gasteiger charge is -2.26. The minimum absolute atomic E-state index is 0.164. The van der Waals surface area contributed by atoms with Gasteiger partial charge in [0.25, 0.3) is 0 Å². The molecule has 0 heterocycles. The van der Waals surface area contributed by atoms with Crippen molar-refractivity contribution >= 4 is 0 Å². The molecule has 0 radical (unpaired) electrons. The molecule has 7 heteroatoms. The fourth-order valence-corrected chi connectivity index (χ4v) is 0.770. The fourth-order valence-electron chi connectivity index (χ4n) is 0.770. The summed E-state index contributed by atoms with van der Waals surface area (Å²) >= 11 is 0. The Labute approximate surface area is 85.1 Å². The van der Waals surface area contributed by atoms with Crippen LogP contribution in [-0.4, -0.2) is 48.9 Å². The van der Waals surface area contributed by atoms with Crippen LogP contribution in [0.5, 0.6) is 0 Å². The maximum Gasteiger partial charge on any atom is 0.319 e. The monoisotopic (exact) mass is 233 g/mol. The Morgan fingerprint density at radius 2 is 1.60 bits per heavy atom. The summed E-state index contributed by atoms with van der Waals surface area (Å²) < 4.78 is 48.2. The molecule has 3 nitrogen and oxygen atoms in total. The highest BCUT2D eigenvalue weighted by Gasteiger charge is 2.40. The Kier molecular flexibility index (Phi) is 5.47. The van der Waals surface area contributed by atoms with Crippen LogP contribution >= 0.6 is 0 Å². The van der Waals surface area contributed by atoms with Crippen LogP contribution < -0.4 is 5.32 Å². The van der Waals surface area contributed by atoms with Crippen molar-refractivity contribution in [3.8, 4) is 0 Å². The second kappa shape index (κ2) is 5.62. The normalized spacial score (nSPS) is 13.6. The molecule has 0 fully saturated rings. The van der Waals surface area contributed by atoms with Gasteiger partial charge in [-0.25, -0.2) is 8.78 Å². The van der Waals surface area contributed by atoms with E-state index in [4.69, 9.17) is 10.2 Å². The lowest BCUT2D eigenvalue weighted by atomic mass is 9.93. The number of hydrogen-bond donors (Lipinski definition) is 3. The SMILES string of the molecule is CC(CO)(CO)CNCC(F)(F)C(F)F. The molecule has 0 aromatic heterocycles. The van der Waals surface area contributed by atoms with Gasteiger partial charge in [0.15, 0.2) is 0 Å². The van der Waals surface area contributed by atoms with Crippen LogP contribution in [0.2, 0.25) is 0 Å². The topological polar surface area (TPSA) is 52.5 Å². The molecule has 3 N–H and O–H groups in total. The molecule has 0 aromatic carbocycles. The van der Waals surface area contributed by atoms with Crippen molar-refractivity contribution in [3.63, 3.8) is 0 Å². The maximum absolute atomic E-state index is 12.4. The van der Waals surface area contributed by atoms with Gasteiger partial charge in [0, 0.05) is 12.0 Å². The quantitative estimate of drug-likeness (QED) is 0.560. The van der Waals surface area contributed by atoms with E-state index in [2.05, 4.69) is 5.32 Å². The van der Waals surface area contributed by atoms with E-state index in [0.29, 0.717) is 0 Å². The summed E-state index contributed by atoms with van der Waals surface area (Å²) in [7, 11) is 0. The molecular formula is C8H15F4NO2. The zero-order chi connectivity index (χ0) is 12.1. The molecule has 0 unspecified atom stereocenters. The van der Waals surface area contributed by atoms with Crippen molar-refractivity contribution in [2.24, 2.45) is 5.41 Å². The standard InChI is InChI=1S/C8H15F4NO2/c1-7(4-14,5-15)2-13-3-8(11,12)6(9)10/h6,13-15H,2-5H2,1H3. The lowest BCUT2D eigenvalue weighted by molar-refractivity contribution is -0.126. The third-order valence-electron chi connectivity index (χ3n) is 2.00. The molecule has 0 rings (SSSR count). The Balaban J connectivity index is 3.98. The largest absolute Gasteiger partial charge is 0.396 e. The van der Waals surface area contributed by atoms with Crippen molar-refractivity contribution in [2.75, 3.05) is 26.3 Å². The van der Waals surface area contributed by atoms with Gasteiger partial charge < -0.3 is 15.5 Å². The average Bonchev–Trinajstić information content (AvgIpc) is 2.17. The van der Waals surface area contributed by atoms with Gasteiger partial charge in [-0.05, 0) is 0 Å². The Morgan fingerprint density at radius 1 is 1.13 bits per heavy atom. The second-order valence-electron chi connectivity index (χ2n) is 3.79. The molecule has 0 spiro atoms. The first-order valence-corrected chi connectivity index (χ1v) is 4.36. The van der Waals surface area contributed by atoms with Gasteiger partial charge in [0.2, 0.25) is 0 Å². The summed E-state index contributed by atoms with van der Waals surface area (Å²) in [6, 6.07) is 0. The number of aliphatic hydroxyl groups is 2. The summed E-state index contributed by atoms with van der Waals surface area (Å²) in [5.74, 6) is -4.09. The fraction of sp³-hybridized carbons (Fsp3) is 1.00.